The van der Waals surface area contributed by atoms with E-state index < -0.39 is 0 Å². The fraction of sp³-hybridized carbons (Fsp3) is 0.286. The summed E-state index contributed by atoms with van der Waals surface area (Å²) >= 11 is 0. The summed E-state index contributed by atoms with van der Waals surface area (Å²) in [6.45, 7) is 2.89. The lowest BCUT2D eigenvalue weighted by Gasteiger charge is -2.10. The molecular weight excluding hydrogens is 242 g/mol. The number of anilines is 1. The van der Waals surface area contributed by atoms with Gasteiger partial charge in [-0.05, 0) is 18.6 Å². The molecular formula is C14H17N3O2. The van der Waals surface area contributed by atoms with Crippen molar-refractivity contribution < 1.29 is 0 Å². The first kappa shape index (κ1) is 13.1. The summed E-state index contributed by atoms with van der Waals surface area (Å²) in [4.78, 5) is 23.4. The third kappa shape index (κ3) is 2.93. The molecule has 1 aromatic carbocycles. The van der Waals surface area contributed by atoms with Gasteiger partial charge in [-0.25, -0.2) is 4.79 Å². The molecule has 0 saturated carbocycles. The second-order valence-electron chi connectivity index (χ2n) is 4.44. The van der Waals surface area contributed by atoms with E-state index in [1.165, 1.54) is 21.4 Å². The minimum Gasteiger partial charge on any atom is -0.383 e. The molecule has 19 heavy (non-hydrogen) atoms. The van der Waals surface area contributed by atoms with Crippen molar-refractivity contribution >= 4 is 5.69 Å². The zero-order chi connectivity index (χ0) is 13.8. The van der Waals surface area contributed by atoms with Crippen LogP contribution in [0.4, 0.5) is 5.69 Å². The number of aromatic nitrogens is 2. The summed E-state index contributed by atoms with van der Waals surface area (Å²) in [5.41, 5.74) is 1.59. The Morgan fingerprint density at radius 3 is 2.63 bits per heavy atom. The molecule has 0 amide bonds. The molecule has 0 unspecified atom stereocenters. The standard InChI is InChI=1S/C14H17N3O2/c1-11-5-3-4-6-12(11)15-8-10-17-13(18)7-9-16(2)14(17)19/h3-7,9,15H,8,10H2,1-2H3. The molecule has 0 aliphatic heterocycles. The van der Waals surface area contributed by atoms with E-state index in [0.29, 0.717) is 13.1 Å². The molecule has 0 aliphatic carbocycles. The van der Waals surface area contributed by atoms with Gasteiger partial charge in [-0.15, -0.1) is 0 Å². The van der Waals surface area contributed by atoms with Crippen molar-refractivity contribution in [2.75, 3.05) is 11.9 Å². The monoisotopic (exact) mass is 259 g/mol. The summed E-state index contributed by atoms with van der Waals surface area (Å²) in [6, 6.07) is 9.30. The Bertz CT molecular complexity index is 686. The summed E-state index contributed by atoms with van der Waals surface area (Å²) in [5, 5.41) is 3.23. The van der Waals surface area contributed by atoms with Crippen molar-refractivity contribution in [1.82, 2.24) is 9.13 Å². The van der Waals surface area contributed by atoms with Crippen molar-refractivity contribution in [2.24, 2.45) is 7.05 Å². The normalized spacial score (nSPS) is 10.4. The molecule has 1 aromatic heterocycles. The second kappa shape index (κ2) is 5.56. The van der Waals surface area contributed by atoms with E-state index in [4.69, 9.17) is 0 Å². The SMILES string of the molecule is Cc1ccccc1NCCn1c(=O)ccn(C)c1=O. The number of nitrogens with one attached hydrogen (secondary N) is 1. The van der Waals surface area contributed by atoms with Gasteiger partial charge in [0.15, 0.2) is 0 Å². The number of rotatable bonds is 4. The maximum atomic E-state index is 11.8. The van der Waals surface area contributed by atoms with Gasteiger partial charge in [0, 0.05) is 38.1 Å². The van der Waals surface area contributed by atoms with Crippen molar-refractivity contribution in [2.45, 2.75) is 13.5 Å². The van der Waals surface area contributed by atoms with Crippen molar-refractivity contribution in [3.8, 4) is 0 Å². The Kier molecular flexibility index (Phi) is 3.85. The minimum absolute atomic E-state index is 0.269. The van der Waals surface area contributed by atoms with Gasteiger partial charge in [-0.3, -0.25) is 9.36 Å². The Morgan fingerprint density at radius 1 is 1.16 bits per heavy atom. The molecule has 100 valence electrons. The molecule has 5 nitrogen and oxygen atoms in total. The van der Waals surface area contributed by atoms with Gasteiger partial charge in [0.25, 0.3) is 5.56 Å². The Hall–Kier alpha value is -2.30. The van der Waals surface area contributed by atoms with E-state index >= 15 is 0 Å². The van der Waals surface area contributed by atoms with Gasteiger partial charge < -0.3 is 9.88 Å². The number of benzene rings is 1. The molecule has 0 bridgehead atoms. The second-order valence-corrected chi connectivity index (χ2v) is 4.44. The van der Waals surface area contributed by atoms with Crippen molar-refractivity contribution in [3.63, 3.8) is 0 Å². The number of aryl methyl sites for hydroxylation is 2. The largest absolute Gasteiger partial charge is 0.383 e. The highest BCUT2D eigenvalue weighted by Crippen LogP contribution is 2.12. The average molecular weight is 259 g/mol. The lowest BCUT2D eigenvalue weighted by Crippen LogP contribution is -2.39. The fourth-order valence-electron chi connectivity index (χ4n) is 1.89. The molecule has 1 heterocycles. The molecule has 5 heteroatoms. The van der Waals surface area contributed by atoms with E-state index in [0.717, 1.165) is 11.3 Å². The van der Waals surface area contributed by atoms with Gasteiger partial charge in [-0.1, -0.05) is 18.2 Å². The predicted octanol–water partition coefficient (Wildman–Crippen LogP) is 0.968. The lowest BCUT2D eigenvalue weighted by atomic mass is 10.2. The molecule has 0 atom stereocenters. The molecule has 0 radical (unpaired) electrons. The van der Waals surface area contributed by atoms with Gasteiger partial charge in [0.2, 0.25) is 0 Å². The van der Waals surface area contributed by atoms with Gasteiger partial charge in [-0.2, -0.15) is 0 Å². The van der Waals surface area contributed by atoms with Crippen LogP contribution in [0, 0.1) is 6.92 Å². The van der Waals surface area contributed by atoms with Crippen LogP contribution in [-0.4, -0.2) is 15.7 Å². The Balaban J connectivity index is 2.09. The molecule has 0 aliphatic rings. The quantitative estimate of drug-likeness (QED) is 0.890. The van der Waals surface area contributed by atoms with Crippen LogP contribution in [0.3, 0.4) is 0 Å². The van der Waals surface area contributed by atoms with Gasteiger partial charge in [0.05, 0.1) is 0 Å². The van der Waals surface area contributed by atoms with Gasteiger partial charge >= 0.3 is 5.69 Å². The summed E-state index contributed by atoms with van der Waals surface area (Å²) in [7, 11) is 1.63. The molecule has 1 N–H and O–H groups in total. The third-order valence-corrected chi connectivity index (χ3v) is 3.04. The number of hydrogen-bond acceptors (Lipinski definition) is 3. The Morgan fingerprint density at radius 2 is 1.89 bits per heavy atom. The van der Waals surface area contributed by atoms with Crippen LogP contribution in [0.25, 0.3) is 0 Å². The first-order chi connectivity index (χ1) is 9.09. The summed E-state index contributed by atoms with van der Waals surface area (Å²) in [5.74, 6) is 0. The van der Waals surface area contributed by atoms with E-state index in [1.54, 1.807) is 7.05 Å². The van der Waals surface area contributed by atoms with E-state index in [1.807, 2.05) is 31.2 Å². The van der Waals surface area contributed by atoms with Gasteiger partial charge in [0.1, 0.15) is 0 Å². The summed E-state index contributed by atoms with van der Waals surface area (Å²) in [6.07, 6.45) is 1.48. The Labute approximate surface area is 111 Å². The smallest absolute Gasteiger partial charge is 0.330 e. The molecule has 2 rings (SSSR count). The van der Waals surface area contributed by atoms with E-state index in [9.17, 15) is 9.59 Å². The fourth-order valence-corrected chi connectivity index (χ4v) is 1.89. The van der Waals surface area contributed by atoms with Crippen LogP contribution in [0.1, 0.15) is 5.56 Å². The van der Waals surface area contributed by atoms with Crippen LogP contribution in [0.2, 0.25) is 0 Å². The lowest BCUT2D eigenvalue weighted by molar-refractivity contribution is 0.607. The maximum Gasteiger partial charge on any atom is 0.330 e. The van der Waals surface area contributed by atoms with Crippen LogP contribution < -0.4 is 16.6 Å². The molecule has 2 aromatic rings. The number of nitrogens with zero attached hydrogens (tertiary/aromatic N) is 2. The highest BCUT2D eigenvalue weighted by atomic mass is 16.2. The van der Waals surface area contributed by atoms with Crippen LogP contribution in [0.15, 0.2) is 46.1 Å². The maximum absolute atomic E-state index is 11.8. The topological polar surface area (TPSA) is 56.0 Å². The van der Waals surface area contributed by atoms with E-state index in [2.05, 4.69) is 5.32 Å². The highest BCUT2D eigenvalue weighted by molar-refractivity contribution is 5.50. The predicted molar refractivity (Wildman–Crippen MR) is 75.6 cm³/mol. The number of hydrogen-bond donors (Lipinski definition) is 1. The summed E-state index contributed by atoms with van der Waals surface area (Å²) < 4.78 is 2.63. The average Bonchev–Trinajstić information content (AvgIpc) is 2.40. The third-order valence-electron chi connectivity index (χ3n) is 3.04. The zero-order valence-corrected chi connectivity index (χ0v) is 11.1. The minimum atomic E-state index is -0.293. The van der Waals surface area contributed by atoms with Crippen LogP contribution in [-0.2, 0) is 13.6 Å². The molecule has 0 saturated heterocycles. The first-order valence-corrected chi connectivity index (χ1v) is 6.15. The van der Waals surface area contributed by atoms with E-state index in [-0.39, 0.29) is 11.2 Å². The van der Waals surface area contributed by atoms with Crippen LogP contribution >= 0.6 is 0 Å². The number of para-hydroxylation sites is 1. The van der Waals surface area contributed by atoms with Crippen LogP contribution in [0.5, 0.6) is 0 Å². The zero-order valence-electron chi connectivity index (χ0n) is 11.1. The van der Waals surface area contributed by atoms with Crippen molar-refractivity contribution in [3.05, 3.63) is 62.9 Å². The molecule has 0 fully saturated rings. The first-order valence-electron chi connectivity index (χ1n) is 6.15. The van der Waals surface area contributed by atoms with Crippen molar-refractivity contribution in [1.29, 1.82) is 0 Å². The highest BCUT2D eigenvalue weighted by Gasteiger charge is 2.02. The molecule has 0 spiro atoms.